The van der Waals surface area contributed by atoms with E-state index < -0.39 is 72.2 Å². The van der Waals surface area contributed by atoms with Gasteiger partial charge < -0.3 is 4.74 Å². The van der Waals surface area contributed by atoms with Crippen molar-refractivity contribution in [3.8, 4) is 50.9 Å². The maximum atomic E-state index is 8.99. The largest absolute Gasteiger partial charge is 0.458 e. The number of ether oxygens (including phenoxy) is 1. The Morgan fingerprint density at radius 2 is 1.38 bits per heavy atom. The molecule has 0 aliphatic carbocycles. The fourth-order valence-corrected chi connectivity index (χ4v) is 7.38. The van der Waals surface area contributed by atoms with Crippen LogP contribution in [0.4, 0.5) is 0 Å². The van der Waals surface area contributed by atoms with Gasteiger partial charge in [-0.05, 0) is 100 Å². The van der Waals surface area contributed by atoms with Crippen molar-refractivity contribution in [1.82, 2.24) is 19.1 Å². The van der Waals surface area contributed by atoms with Crippen LogP contribution in [0.3, 0.4) is 0 Å². The van der Waals surface area contributed by atoms with Gasteiger partial charge in [-0.15, -0.1) is 0 Å². The number of benzene rings is 6. The monoisotopic (exact) mass is 763 g/mol. The highest BCUT2D eigenvalue weighted by Crippen LogP contribution is 2.37. The summed E-state index contributed by atoms with van der Waals surface area (Å²) in [5.74, 6) is 1.49. The summed E-state index contributed by atoms with van der Waals surface area (Å²) in [6.07, 6.45) is 4.92. The quantitative estimate of drug-likeness (QED) is 0.114. The smallest absolute Gasteiger partial charge is 0.271 e. The number of hydrogen-bond donors (Lipinski definition) is 0. The van der Waals surface area contributed by atoms with Crippen molar-refractivity contribution in [2.24, 2.45) is 5.41 Å². The highest BCUT2D eigenvalue weighted by Gasteiger charge is 2.21. The van der Waals surface area contributed by atoms with Gasteiger partial charge in [0.2, 0.25) is 0 Å². The molecule has 0 bridgehead atoms. The summed E-state index contributed by atoms with van der Waals surface area (Å²) in [6.45, 7) is 5.61. The molecule has 10 rings (SSSR count). The van der Waals surface area contributed by atoms with E-state index in [4.69, 9.17) is 31.2 Å². The Morgan fingerprint density at radius 1 is 0.672 bits per heavy atom. The molecule has 0 aliphatic rings. The third-order valence-electron chi connectivity index (χ3n) is 9.67. The first-order chi connectivity index (χ1) is 33.3. The Labute approximate surface area is 354 Å². The van der Waals surface area contributed by atoms with E-state index in [0.717, 1.165) is 21.8 Å². The first-order valence-corrected chi connectivity index (χ1v) is 18.7. The third kappa shape index (κ3) is 6.48. The van der Waals surface area contributed by atoms with Crippen LogP contribution in [0, 0.1) is 11.7 Å². The van der Waals surface area contributed by atoms with Crippen molar-refractivity contribution in [1.29, 1.82) is 0 Å². The first-order valence-electron chi connectivity index (χ1n) is 24.7. The number of para-hydroxylation sites is 2. The number of hydrogen-bond acceptors (Lipinski definition) is 3. The number of rotatable bonds is 8. The van der Waals surface area contributed by atoms with Crippen LogP contribution in [0.25, 0.3) is 72.4 Å². The van der Waals surface area contributed by atoms with Crippen molar-refractivity contribution in [3.63, 3.8) is 0 Å². The lowest BCUT2D eigenvalue weighted by molar-refractivity contribution is -0.571. The molecule has 58 heavy (non-hydrogen) atoms. The summed E-state index contributed by atoms with van der Waals surface area (Å²) < 4.78 is 117. The summed E-state index contributed by atoms with van der Waals surface area (Å²) in [5.41, 5.74) is 2.86. The number of imidazole rings is 1. The van der Waals surface area contributed by atoms with Crippen molar-refractivity contribution >= 4 is 33.0 Å². The minimum atomic E-state index is -1.65. The van der Waals surface area contributed by atoms with Gasteiger partial charge in [0.15, 0.2) is 5.65 Å². The molecule has 10 aromatic rings. The van der Waals surface area contributed by atoms with Crippen LogP contribution in [0.5, 0.6) is 11.5 Å². The molecule has 0 amide bonds. The van der Waals surface area contributed by atoms with Gasteiger partial charge in [0.05, 0.1) is 36.1 Å². The van der Waals surface area contributed by atoms with Crippen LogP contribution < -0.4 is 9.30 Å². The van der Waals surface area contributed by atoms with Gasteiger partial charge in [-0.25, -0.2) is 4.98 Å². The molecule has 6 nitrogen and oxygen atoms in total. The summed E-state index contributed by atoms with van der Waals surface area (Å²) in [6, 6.07) is 27.1. The van der Waals surface area contributed by atoms with E-state index in [-0.39, 0.29) is 27.9 Å². The van der Waals surface area contributed by atoms with E-state index in [0.29, 0.717) is 39.7 Å². The van der Waals surface area contributed by atoms with Gasteiger partial charge in [-0.1, -0.05) is 124 Å². The molecule has 0 atom stereocenters. The lowest BCUT2D eigenvalue weighted by Crippen LogP contribution is -2.31. The molecule has 0 spiro atoms. The SMILES string of the molecule is [2H]c1c([2H])c([2H])c(-c2cccc(-c3c([2H])c([2H])c([2H])c([2H])c3[2H])c2-[n+]2[c-]n(-c3cccc(Oc4ccc5c6ccccc6n(-c6cc(C([2H])([2H])C(C)(C)C)ccn6)c5c4)c3)c3ncccc32)c([2H])c1[2H]. The van der Waals surface area contributed by atoms with Gasteiger partial charge in [-0.3, -0.25) is 18.7 Å². The summed E-state index contributed by atoms with van der Waals surface area (Å²) in [7, 11) is 0. The average Bonchev–Trinajstić information content (AvgIpc) is 3.90. The fourth-order valence-electron chi connectivity index (χ4n) is 7.38. The first kappa shape index (κ1) is 24.4. The second kappa shape index (κ2) is 14.3. The van der Waals surface area contributed by atoms with Crippen LogP contribution in [0.1, 0.15) is 42.8 Å². The molecule has 4 heterocycles. The predicted octanol–water partition coefficient (Wildman–Crippen LogP) is 12.3. The standard InChI is InChI=1S/C52H41N5O/c1-52(2,3)34-36-28-30-53-49(31-36)57-46-24-11-10-21-44(46)45-27-26-41(33-48(45)57)58-40-20-12-19-39(32-40)55-35-56(47-25-14-29-54-51(47)55)50-42(37-15-6-4-7-16-37)22-13-23-43(50)38-17-8-5-9-18-38/h4-33H,34H2,1-3H3/i4D,5D,6D,7D,8D,9D,15D,16D,17D,18D,34D2. The molecule has 4 aromatic heterocycles. The number of fused-ring (bicyclic) bond motifs is 4. The zero-order chi connectivity index (χ0) is 49.7. The summed E-state index contributed by atoms with van der Waals surface area (Å²) in [5, 5.41) is 1.93. The van der Waals surface area contributed by atoms with Gasteiger partial charge in [0, 0.05) is 32.0 Å². The molecular formula is C52H41N5O. The second-order valence-electron chi connectivity index (χ2n) is 14.7. The van der Waals surface area contributed by atoms with Crippen molar-refractivity contribution < 1.29 is 25.8 Å². The number of aromatic nitrogens is 5. The van der Waals surface area contributed by atoms with Gasteiger partial charge in [-0.2, -0.15) is 0 Å². The topological polar surface area (TPSA) is 48.8 Å². The third-order valence-corrected chi connectivity index (χ3v) is 9.67. The van der Waals surface area contributed by atoms with Crippen LogP contribution in [0.2, 0.25) is 0 Å². The Balaban J connectivity index is 1.13. The van der Waals surface area contributed by atoms with Crippen molar-refractivity contribution in [2.75, 3.05) is 0 Å². The van der Waals surface area contributed by atoms with E-state index in [2.05, 4.69) is 6.33 Å². The summed E-state index contributed by atoms with van der Waals surface area (Å²) >= 11 is 0. The minimum absolute atomic E-state index is 0.116. The minimum Gasteiger partial charge on any atom is -0.458 e. The van der Waals surface area contributed by atoms with Crippen LogP contribution >= 0.6 is 0 Å². The average molecular weight is 764 g/mol. The fraction of sp³-hybridized carbons (Fsp3) is 0.0962. The highest BCUT2D eigenvalue weighted by atomic mass is 16.5. The van der Waals surface area contributed by atoms with Crippen LogP contribution in [-0.4, -0.2) is 19.1 Å². The second-order valence-corrected chi connectivity index (χ2v) is 14.7. The van der Waals surface area contributed by atoms with E-state index in [9.17, 15) is 0 Å². The number of pyridine rings is 2. The van der Waals surface area contributed by atoms with Crippen LogP contribution in [0.15, 0.2) is 182 Å². The Kier molecular flexibility index (Phi) is 6.01. The summed E-state index contributed by atoms with van der Waals surface area (Å²) in [4.78, 5) is 9.45. The van der Waals surface area contributed by atoms with Crippen LogP contribution in [-0.2, 0) is 6.37 Å². The molecule has 0 unspecified atom stereocenters. The molecular weight excluding hydrogens is 711 g/mol. The molecule has 0 saturated heterocycles. The number of nitrogens with zero attached hydrogens (tertiary/aromatic N) is 5. The Bertz CT molecular complexity index is 3660. The molecule has 6 heteroatoms. The molecule has 0 fully saturated rings. The zero-order valence-corrected chi connectivity index (χ0v) is 31.7. The molecule has 0 N–H and O–H groups in total. The zero-order valence-electron chi connectivity index (χ0n) is 43.7. The molecule has 0 radical (unpaired) electrons. The van der Waals surface area contributed by atoms with Gasteiger partial charge in [0.1, 0.15) is 22.8 Å². The van der Waals surface area contributed by atoms with Gasteiger partial charge in [0.25, 0.3) is 6.33 Å². The highest BCUT2D eigenvalue weighted by molar-refractivity contribution is 6.09. The van der Waals surface area contributed by atoms with E-state index in [1.807, 2.05) is 73.9 Å². The Hall–Kier alpha value is -7.31. The van der Waals surface area contributed by atoms with E-state index in [1.165, 1.54) is 0 Å². The predicted molar refractivity (Wildman–Crippen MR) is 234 cm³/mol. The van der Waals surface area contributed by atoms with Crippen molar-refractivity contribution in [2.45, 2.75) is 27.1 Å². The maximum Gasteiger partial charge on any atom is 0.271 e. The maximum absolute atomic E-state index is 8.99. The Morgan fingerprint density at radius 3 is 2.14 bits per heavy atom. The molecule has 0 aliphatic heterocycles. The molecule has 6 aromatic carbocycles. The molecule has 0 saturated carbocycles. The normalized spacial score (nSPS) is 14.9. The van der Waals surface area contributed by atoms with Gasteiger partial charge >= 0.3 is 0 Å². The van der Waals surface area contributed by atoms with E-state index >= 15 is 0 Å². The van der Waals surface area contributed by atoms with E-state index in [1.54, 1.807) is 82.2 Å². The van der Waals surface area contributed by atoms with Crippen molar-refractivity contribution in [3.05, 3.63) is 194 Å². The lowest BCUT2D eigenvalue weighted by atomic mass is 9.88. The lowest BCUT2D eigenvalue weighted by Gasteiger charge is -2.18. The molecule has 280 valence electrons.